The van der Waals surface area contributed by atoms with Crippen LogP contribution in [0.25, 0.3) is 10.2 Å². The lowest BCUT2D eigenvalue weighted by Crippen LogP contribution is -2.48. The van der Waals surface area contributed by atoms with Gasteiger partial charge in [-0.3, -0.25) is 19.8 Å². The SMILES string of the molecule is Cc1ccc(C)c2sc(N3CCN(CCNC(=O)c4cc(Cl)ccc4[N+](=O)[O-])CC3)nc12. The Kier molecular flexibility index (Phi) is 6.59. The van der Waals surface area contributed by atoms with Crippen molar-refractivity contribution in [2.45, 2.75) is 13.8 Å². The molecule has 32 heavy (non-hydrogen) atoms. The molecule has 1 fully saturated rings. The zero-order valence-electron chi connectivity index (χ0n) is 17.9. The summed E-state index contributed by atoms with van der Waals surface area (Å²) in [6.45, 7) is 8.75. The van der Waals surface area contributed by atoms with Gasteiger partial charge in [-0.15, -0.1) is 0 Å². The summed E-state index contributed by atoms with van der Waals surface area (Å²) in [5.74, 6) is -0.488. The first-order valence-corrected chi connectivity index (χ1v) is 11.6. The fraction of sp³-hybridized carbons (Fsp3) is 0.364. The molecule has 1 aliphatic rings. The molecule has 1 amide bonds. The van der Waals surface area contributed by atoms with Crippen molar-refractivity contribution in [3.63, 3.8) is 0 Å². The summed E-state index contributed by atoms with van der Waals surface area (Å²) < 4.78 is 1.25. The van der Waals surface area contributed by atoms with Crippen LogP contribution in [0.1, 0.15) is 21.5 Å². The summed E-state index contributed by atoms with van der Waals surface area (Å²) in [6, 6.07) is 8.25. The van der Waals surface area contributed by atoms with Gasteiger partial charge in [0, 0.05) is 50.4 Å². The fourth-order valence-electron chi connectivity index (χ4n) is 3.82. The van der Waals surface area contributed by atoms with Crippen LogP contribution in [0.4, 0.5) is 10.8 Å². The number of carbonyl (C=O) groups excluding carboxylic acids is 1. The first-order chi connectivity index (χ1) is 15.3. The van der Waals surface area contributed by atoms with Crippen molar-refractivity contribution in [1.29, 1.82) is 0 Å². The monoisotopic (exact) mass is 473 g/mol. The molecule has 168 valence electrons. The van der Waals surface area contributed by atoms with Crippen LogP contribution >= 0.6 is 22.9 Å². The maximum Gasteiger partial charge on any atom is 0.282 e. The van der Waals surface area contributed by atoms with Crippen LogP contribution in [0.3, 0.4) is 0 Å². The molecule has 2 aromatic carbocycles. The summed E-state index contributed by atoms with van der Waals surface area (Å²) in [6.07, 6.45) is 0. The van der Waals surface area contributed by atoms with Crippen LogP contribution in [0, 0.1) is 24.0 Å². The van der Waals surface area contributed by atoms with E-state index in [4.69, 9.17) is 16.6 Å². The number of carbonyl (C=O) groups is 1. The minimum Gasteiger partial charge on any atom is -0.351 e. The van der Waals surface area contributed by atoms with Gasteiger partial charge in [-0.1, -0.05) is 35.1 Å². The molecular weight excluding hydrogens is 450 g/mol. The molecule has 1 aromatic heterocycles. The average Bonchev–Trinajstić information content (AvgIpc) is 3.23. The predicted molar refractivity (Wildman–Crippen MR) is 128 cm³/mol. The van der Waals surface area contributed by atoms with Gasteiger partial charge >= 0.3 is 0 Å². The van der Waals surface area contributed by atoms with Gasteiger partial charge in [0.25, 0.3) is 11.6 Å². The summed E-state index contributed by atoms with van der Waals surface area (Å²) >= 11 is 7.65. The van der Waals surface area contributed by atoms with Gasteiger partial charge in [0.15, 0.2) is 5.13 Å². The first kappa shape index (κ1) is 22.4. The van der Waals surface area contributed by atoms with Crippen molar-refractivity contribution in [1.82, 2.24) is 15.2 Å². The summed E-state index contributed by atoms with van der Waals surface area (Å²) in [5.41, 5.74) is 3.27. The Labute approximate surface area is 194 Å². The molecule has 3 aromatic rings. The first-order valence-electron chi connectivity index (χ1n) is 10.4. The lowest BCUT2D eigenvalue weighted by Gasteiger charge is -2.34. The Morgan fingerprint density at radius 2 is 1.91 bits per heavy atom. The highest BCUT2D eigenvalue weighted by atomic mass is 35.5. The number of nitrogens with one attached hydrogen (secondary N) is 1. The lowest BCUT2D eigenvalue weighted by molar-refractivity contribution is -0.385. The number of halogens is 1. The molecule has 8 nitrogen and oxygen atoms in total. The third-order valence-corrected chi connectivity index (χ3v) is 7.17. The second kappa shape index (κ2) is 9.40. The van der Waals surface area contributed by atoms with Crippen LogP contribution in [-0.4, -0.2) is 60.0 Å². The van der Waals surface area contributed by atoms with Crippen molar-refractivity contribution in [3.05, 3.63) is 62.2 Å². The number of aryl methyl sites for hydroxylation is 2. The minimum atomic E-state index is -0.574. The molecule has 0 radical (unpaired) electrons. The number of thiazole rings is 1. The molecule has 0 spiro atoms. The van der Waals surface area contributed by atoms with Crippen LogP contribution in [0.15, 0.2) is 30.3 Å². The van der Waals surface area contributed by atoms with Gasteiger partial charge in [0.05, 0.1) is 15.1 Å². The number of hydrogen-bond acceptors (Lipinski definition) is 7. The Bertz CT molecular complexity index is 1130. The highest BCUT2D eigenvalue weighted by Crippen LogP contribution is 2.33. The van der Waals surface area contributed by atoms with Gasteiger partial charge < -0.3 is 10.2 Å². The number of fused-ring (bicyclic) bond motifs is 1. The fourth-order valence-corrected chi connectivity index (χ4v) is 5.15. The molecule has 0 unspecified atom stereocenters. The topological polar surface area (TPSA) is 91.6 Å². The van der Waals surface area contributed by atoms with Gasteiger partial charge in [0.1, 0.15) is 5.56 Å². The smallest absolute Gasteiger partial charge is 0.282 e. The quantitative estimate of drug-likeness (QED) is 0.429. The zero-order chi connectivity index (χ0) is 22.8. The summed E-state index contributed by atoms with van der Waals surface area (Å²) in [5, 5.41) is 15.3. The number of nitro groups is 1. The number of aromatic nitrogens is 1. The van der Waals surface area contributed by atoms with E-state index in [2.05, 4.69) is 41.1 Å². The number of nitro benzene ring substituents is 1. The van der Waals surface area contributed by atoms with E-state index in [1.807, 2.05) is 0 Å². The number of rotatable bonds is 6. The van der Waals surface area contributed by atoms with E-state index in [0.29, 0.717) is 13.1 Å². The lowest BCUT2D eigenvalue weighted by atomic mass is 10.1. The van der Waals surface area contributed by atoms with E-state index in [-0.39, 0.29) is 16.3 Å². The predicted octanol–water partition coefficient (Wildman–Crippen LogP) is 4.03. The highest BCUT2D eigenvalue weighted by Gasteiger charge is 2.22. The van der Waals surface area contributed by atoms with E-state index in [0.717, 1.165) is 36.8 Å². The van der Waals surface area contributed by atoms with Gasteiger partial charge in [-0.05, 0) is 37.1 Å². The number of nitrogens with zero attached hydrogens (tertiary/aromatic N) is 4. The second-order valence-electron chi connectivity index (χ2n) is 7.88. The second-order valence-corrected chi connectivity index (χ2v) is 9.29. The van der Waals surface area contributed by atoms with E-state index in [1.165, 1.54) is 34.0 Å². The van der Waals surface area contributed by atoms with Crippen LogP contribution in [-0.2, 0) is 0 Å². The van der Waals surface area contributed by atoms with E-state index >= 15 is 0 Å². The molecule has 10 heteroatoms. The van der Waals surface area contributed by atoms with Crippen LogP contribution in [0.2, 0.25) is 5.02 Å². The van der Waals surface area contributed by atoms with E-state index in [9.17, 15) is 14.9 Å². The van der Waals surface area contributed by atoms with Gasteiger partial charge in [-0.25, -0.2) is 4.98 Å². The Hall–Kier alpha value is -2.75. The third-order valence-electron chi connectivity index (χ3n) is 5.69. The Morgan fingerprint density at radius 3 is 2.59 bits per heavy atom. The molecule has 0 aliphatic carbocycles. The summed E-state index contributed by atoms with van der Waals surface area (Å²) in [4.78, 5) is 32.5. The molecule has 1 aliphatic heterocycles. The number of benzene rings is 2. The van der Waals surface area contributed by atoms with Crippen LogP contribution in [0.5, 0.6) is 0 Å². The maximum absolute atomic E-state index is 12.4. The largest absolute Gasteiger partial charge is 0.351 e. The van der Waals surface area contributed by atoms with E-state index in [1.54, 1.807) is 11.3 Å². The van der Waals surface area contributed by atoms with Crippen molar-refractivity contribution in [2.24, 2.45) is 0 Å². The average molecular weight is 474 g/mol. The zero-order valence-corrected chi connectivity index (χ0v) is 19.5. The number of anilines is 1. The van der Waals surface area contributed by atoms with Gasteiger partial charge in [-0.2, -0.15) is 0 Å². The highest BCUT2D eigenvalue weighted by molar-refractivity contribution is 7.22. The van der Waals surface area contributed by atoms with Crippen LogP contribution < -0.4 is 10.2 Å². The number of hydrogen-bond donors (Lipinski definition) is 1. The van der Waals surface area contributed by atoms with E-state index < -0.39 is 10.8 Å². The standard InChI is InChI=1S/C22H24ClN5O3S/c1-14-3-4-15(2)20-19(14)25-22(32-20)27-11-9-26(10-12-27)8-7-24-21(29)17-13-16(23)5-6-18(17)28(30)31/h3-6,13H,7-12H2,1-2H3,(H,24,29). The van der Waals surface area contributed by atoms with Gasteiger partial charge in [0.2, 0.25) is 0 Å². The van der Waals surface area contributed by atoms with Crippen molar-refractivity contribution in [3.8, 4) is 0 Å². The van der Waals surface area contributed by atoms with Crippen molar-refractivity contribution < 1.29 is 9.72 Å². The molecule has 1 N–H and O–H groups in total. The normalized spacial score (nSPS) is 14.7. The molecule has 0 bridgehead atoms. The minimum absolute atomic E-state index is 0.0197. The summed E-state index contributed by atoms with van der Waals surface area (Å²) in [7, 11) is 0. The van der Waals surface area contributed by atoms with Crippen molar-refractivity contribution in [2.75, 3.05) is 44.2 Å². The molecular formula is C22H24ClN5O3S. The number of amides is 1. The molecule has 1 saturated heterocycles. The Balaban J connectivity index is 1.30. The van der Waals surface area contributed by atoms with Crippen molar-refractivity contribution >= 4 is 49.9 Å². The molecule has 0 atom stereocenters. The Morgan fingerprint density at radius 1 is 1.19 bits per heavy atom. The number of piperazine rings is 1. The maximum atomic E-state index is 12.4. The molecule has 2 heterocycles. The third kappa shape index (κ3) is 4.69. The molecule has 0 saturated carbocycles. The molecule has 4 rings (SSSR count).